The molecule has 0 saturated heterocycles. The molecule has 3 atom stereocenters. The lowest BCUT2D eigenvalue weighted by Gasteiger charge is -2.42. The summed E-state index contributed by atoms with van der Waals surface area (Å²) in [6, 6.07) is 11.0. The molecule has 1 amide bonds. The Hall–Kier alpha value is -2.85. The molecule has 1 saturated carbocycles. The summed E-state index contributed by atoms with van der Waals surface area (Å²) in [6.07, 6.45) is 12.3. The third kappa shape index (κ3) is 9.35. The Morgan fingerprint density at radius 3 is 2.71 bits per heavy atom. The first kappa shape index (κ1) is 35.0. The predicted octanol–water partition coefficient (Wildman–Crippen LogP) is 6.68. The number of hydrogen-bond donors (Lipinski definition) is 2. The van der Waals surface area contributed by atoms with E-state index in [-0.39, 0.29) is 30.5 Å². The second-order valence-corrected chi connectivity index (χ2v) is 14.1. The number of anilines is 1. The zero-order valence-corrected chi connectivity index (χ0v) is 28.2. The second-order valence-electron chi connectivity index (χ2n) is 12.0. The Morgan fingerprint density at radius 1 is 1.18 bits per heavy atom. The number of nitrogens with zero attached hydrogens (tertiary/aromatic N) is 2. The summed E-state index contributed by atoms with van der Waals surface area (Å²) in [4.78, 5) is 15.6. The van der Waals surface area contributed by atoms with E-state index in [1.54, 1.807) is 31.2 Å². The number of carbonyl (C=O) groups excluding carboxylic acids is 1. The van der Waals surface area contributed by atoms with Crippen LogP contribution in [0.25, 0.3) is 0 Å². The largest absolute Gasteiger partial charge is 0.487 e. The van der Waals surface area contributed by atoms with Gasteiger partial charge in [-0.25, -0.2) is 4.72 Å². The monoisotopic (exact) mass is 657 g/mol. The van der Waals surface area contributed by atoms with Crippen molar-refractivity contribution in [1.29, 1.82) is 0 Å². The maximum Gasteiger partial charge on any atom is 0.304 e. The zero-order valence-electron chi connectivity index (χ0n) is 26.6. The van der Waals surface area contributed by atoms with Crippen molar-refractivity contribution in [2.75, 3.05) is 31.1 Å². The standard InChI is InChI=1S/C35H48ClN3O5S/c1-4-7-9-13-33(40)31-18-15-28(31)24-38-20-11-10-12-26-22-30(36)17-14-29(26)25-44-34-19-16-27(23-32(34)38)35(41)37-45(42,43)39(6-3)21-8-5-2/h5,9,13-14,16-17,19,22-23,28,31,33,40H,2,4,6-8,10-12,15,18,20-21,24-25H2,1,3H3,(H,37,41)/b13-9+/t28-,31+,33?/m0/s1. The third-order valence-corrected chi connectivity index (χ3v) is 10.7. The van der Waals surface area contributed by atoms with Crippen LogP contribution < -0.4 is 14.4 Å². The van der Waals surface area contributed by atoms with E-state index >= 15 is 0 Å². The molecule has 10 heteroatoms. The molecule has 246 valence electrons. The first-order valence-electron chi connectivity index (χ1n) is 16.2. The minimum Gasteiger partial charge on any atom is -0.487 e. The number of allylic oxidation sites excluding steroid dienone is 1. The number of rotatable bonds is 13. The molecule has 2 aromatic carbocycles. The summed E-state index contributed by atoms with van der Waals surface area (Å²) in [6.45, 7) is 9.77. The van der Waals surface area contributed by atoms with Crippen LogP contribution in [-0.4, -0.2) is 56.0 Å². The molecule has 1 unspecified atom stereocenters. The van der Waals surface area contributed by atoms with Gasteiger partial charge in [-0.2, -0.15) is 12.7 Å². The molecule has 45 heavy (non-hydrogen) atoms. The van der Waals surface area contributed by atoms with Crippen LogP contribution in [0.4, 0.5) is 5.69 Å². The average Bonchev–Trinajstić information content (AvgIpc) is 3.02. The van der Waals surface area contributed by atoms with Crippen LogP contribution in [0.1, 0.15) is 80.3 Å². The topological polar surface area (TPSA) is 99.2 Å². The van der Waals surface area contributed by atoms with Crippen LogP contribution in [0.3, 0.4) is 0 Å². The fraction of sp³-hybridized carbons (Fsp3) is 0.514. The molecule has 4 rings (SSSR count). The van der Waals surface area contributed by atoms with Gasteiger partial charge in [0.2, 0.25) is 0 Å². The molecule has 1 aliphatic heterocycles. The number of carbonyl (C=O) groups is 1. The van der Waals surface area contributed by atoms with E-state index in [0.717, 1.165) is 68.3 Å². The van der Waals surface area contributed by atoms with Crippen molar-refractivity contribution >= 4 is 33.4 Å². The van der Waals surface area contributed by atoms with E-state index in [1.165, 1.54) is 4.31 Å². The lowest BCUT2D eigenvalue weighted by molar-refractivity contribution is 0.0461. The number of hydrogen-bond acceptors (Lipinski definition) is 6. The number of aliphatic hydroxyl groups is 1. The first-order valence-corrected chi connectivity index (χ1v) is 18.1. The molecule has 0 aromatic heterocycles. The quantitative estimate of drug-likeness (QED) is 0.233. The number of fused-ring (bicyclic) bond motifs is 2. The summed E-state index contributed by atoms with van der Waals surface area (Å²) >= 11 is 6.32. The van der Waals surface area contributed by atoms with E-state index in [4.69, 9.17) is 16.3 Å². The minimum absolute atomic E-state index is 0.166. The van der Waals surface area contributed by atoms with Gasteiger partial charge in [0, 0.05) is 36.8 Å². The molecule has 0 spiro atoms. The third-order valence-electron chi connectivity index (χ3n) is 8.89. The molecule has 2 aromatic rings. The highest BCUT2D eigenvalue weighted by Crippen LogP contribution is 2.41. The summed E-state index contributed by atoms with van der Waals surface area (Å²) < 4.78 is 36.0. The number of benzene rings is 2. The zero-order chi connectivity index (χ0) is 32.4. The van der Waals surface area contributed by atoms with Gasteiger partial charge in [0.1, 0.15) is 12.4 Å². The fourth-order valence-corrected chi connectivity index (χ4v) is 7.46. The van der Waals surface area contributed by atoms with E-state index in [1.807, 2.05) is 24.3 Å². The van der Waals surface area contributed by atoms with Crippen LogP contribution in [0.2, 0.25) is 5.02 Å². The van der Waals surface area contributed by atoms with Crippen molar-refractivity contribution in [1.82, 2.24) is 9.03 Å². The van der Waals surface area contributed by atoms with Crippen molar-refractivity contribution in [3.8, 4) is 5.75 Å². The number of aryl methyl sites for hydroxylation is 1. The van der Waals surface area contributed by atoms with Gasteiger partial charge < -0.3 is 14.7 Å². The molecule has 0 bridgehead atoms. The Balaban J connectivity index is 1.64. The fourth-order valence-electron chi connectivity index (χ4n) is 6.10. The SMILES string of the molecule is C=CCCN(CC)S(=O)(=O)NC(=O)c1ccc2c(c1)N(C[C@@H]1CC[C@H]1C(O)/C=C/CCC)CCCCc1cc(Cl)ccc1CO2. The number of ether oxygens (including phenoxy) is 1. The summed E-state index contributed by atoms with van der Waals surface area (Å²) in [5, 5.41) is 11.6. The highest BCUT2D eigenvalue weighted by atomic mass is 35.5. The Kier molecular flexibility index (Phi) is 12.9. The van der Waals surface area contributed by atoms with Crippen LogP contribution in [-0.2, 0) is 23.2 Å². The smallest absolute Gasteiger partial charge is 0.304 e. The lowest BCUT2D eigenvalue weighted by Crippen LogP contribution is -2.44. The van der Waals surface area contributed by atoms with Gasteiger partial charge in [-0.1, -0.05) is 56.2 Å². The maximum atomic E-state index is 13.4. The van der Waals surface area contributed by atoms with Gasteiger partial charge in [-0.15, -0.1) is 6.58 Å². The van der Waals surface area contributed by atoms with E-state index in [9.17, 15) is 18.3 Å². The number of aliphatic hydroxyl groups excluding tert-OH is 1. The van der Waals surface area contributed by atoms with Gasteiger partial charge in [0.15, 0.2) is 0 Å². The van der Waals surface area contributed by atoms with Gasteiger partial charge in [0.25, 0.3) is 5.91 Å². The molecular formula is C35H48ClN3O5S. The molecule has 1 heterocycles. The number of halogens is 1. The number of amides is 1. The van der Waals surface area contributed by atoms with Crippen molar-refractivity contribution in [3.05, 3.63) is 82.9 Å². The summed E-state index contributed by atoms with van der Waals surface area (Å²) in [5.41, 5.74) is 3.21. The van der Waals surface area contributed by atoms with Crippen molar-refractivity contribution in [3.63, 3.8) is 0 Å². The molecule has 1 aliphatic carbocycles. The molecule has 1 fully saturated rings. The second kappa shape index (κ2) is 16.6. The predicted molar refractivity (Wildman–Crippen MR) is 182 cm³/mol. The van der Waals surface area contributed by atoms with Crippen LogP contribution >= 0.6 is 11.6 Å². The molecule has 2 aliphatic rings. The van der Waals surface area contributed by atoms with Gasteiger partial charge in [0.05, 0.1) is 11.8 Å². The molecule has 2 N–H and O–H groups in total. The number of unbranched alkanes of at least 4 members (excludes halogenated alkanes) is 1. The van der Waals surface area contributed by atoms with Crippen molar-refractivity contribution in [2.45, 2.75) is 77.9 Å². The molecule has 8 nitrogen and oxygen atoms in total. The summed E-state index contributed by atoms with van der Waals surface area (Å²) in [7, 11) is -4.04. The van der Waals surface area contributed by atoms with E-state index in [0.29, 0.717) is 30.3 Å². The lowest BCUT2D eigenvalue weighted by atomic mass is 9.70. The maximum absolute atomic E-state index is 13.4. The van der Waals surface area contributed by atoms with Crippen LogP contribution in [0, 0.1) is 11.8 Å². The van der Waals surface area contributed by atoms with E-state index < -0.39 is 22.2 Å². The van der Waals surface area contributed by atoms with E-state index in [2.05, 4.69) is 29.2 Å². The highest BCUT2D eigenvalue weighted by Gasteiger charge is 2.37. The molecule has 0 radical (unpaired) electrons. The van der Waals surface area contributed by atoms with Crippen LogP contribution in [0.5, 0.6) is 5.75 Å². The van der Waals surface area contributed by atoms with Gasteiger partial charge in [-0.3, -0.25) is 4.79 Å². The Morgan fingerprint density at radius 2 is 2.00 bits per heavy atom. The average molecular weight is 658 g/mol. The van der Waals surface area contributed by atoms with Crippen LogP contribution in [0.15, 0.2) is 61.2 Å². The first-order chi connectivity index (χ1) is 21.7. The normalized spacial score (nSPS) is 19.5. The van der Waals surface area contributed by atoms with Gasteiger partial charge >= 0.3 is 10.2 Å². The Labute approximate surface area is 274 Å². The molecular weight excluding hydrogens is 610 g/mol. The Bertz CT molecular complexity index is 1450. The van der Waals surface area contributed by atoms with Crippen molar-refractivity contribution < 1.29 is 23.1 Å². The summed E-state index contributed by atoms with van der Waals surface area (Å²) in [5.74, 6) is 0.375. The minimum atomic E-state index is -4.04. The highest BCUT2D eigenvalue weighted by molar-refractivity contribution is 7.87. The van der Waals surface area contributed by atoms with Crippen molar-refractivity contribution in [2.24, 2.45) is 11.8 Å². The van der Waals surface area contributed by atoms with Gasteiger partial charge in [-0.05, 0) is 98.2 Å². The number of nitrogens with one attached hydrogen (secondary N) is 1.